The summed E-state index contributed by atoms with van der Waals surface area (Å²) in [5.74, 6) is -2.82. The second-order valence-corrected chi connectivity index (χ2v) is 7.57. The van der Waals surface area contributed by atoms with Crippen molar-refractivity contribution in [1.29, 1.82) is 0 Å². The Hall–Kier alpha value is -3.29. The summed E-state index contributed by atoms with van der Waals surface area (Å²) in [7, 11) is 0. The van der Waals surface area contributed by atoms with Gasteiger partial charge in [-0.25, -0.2) is 13.8 Å². The molecule has 2 aromatic heterocycles. The molecule has 4 rings (SSSR count). The fourth-order valence-electron chi connectivity index (χ4n) is 3.16. The first-order valence-electron chi connectivity index (χ1n) is 9.01. The topological polar surface area (TPSA) is 64.0 Å². The van der Waals surface area contributed by atoms with Gasteiger partial charge in [0.25, 0.3) is 11.7 Å². The molecule has 9 heteroatoms. The molecule has 0 radical (unpaired) electrons. The zero-order chi connectivity index (χ0) is 22.1. The minimum atomic E-state index is -0.984. The summed E-state index contributed by atoms with van der Waals surface area (Å²) in [5, 5.41) is 2.96. The second kappa shape index (κ2) is 8.45. The monoisotopic (exact) mass is 459 g/mol. The van der Waals surface area contributed by atoms with Crippen LogP contribution >= 0.6 is 23.2 Å². The van der Waals surface area contributed by atoms with Gasteiger partial charge in [0.15, 0.2) is 5.82 Å². The normalized spacial score (nSPS) is 11.0. The van der Waals surface area contributed by atoms with E-state index in [1.54, 1.807) is 16.7 Å². The molecule has 0 aliphatic carbocycles. The van der Waals surface area contributed by atoms with Crippen LogP contribution in [0.3, 0.4) is 0 Å². The number of Topliss-reactive ketones (excluding diaryl/α,β-unsaturated/α-hetero) is 1. The van der Waals surface area contributed by atoms with Crippen molar-refractivity contribution in [3.8, 4) is 0 Å². The van der Waals surface area contributed by atoms with Crippen LogP contribution in [0.2, 0.25) is 10.0 Å². The average Bonchev–Trinajstić information content (AvgIpc) is 3.08. The van der Waals surface area contributed by atoms with Gasteiger partial charge in [-0.3, -0.25) is 9.59 Å². The number of benzene rings is 2. The molecule has 5 nitrogen and oxygen atoms in total. The Kier molecular flexibility index (Phi) is 5.71. The minimum Gasteiger partial charge on any atom is -0.342 e. The lowest BCUT2D eigenvalue weighted by Crippen LogP contribution is -2.23. The Morgan fingerprint density at radius 1 is 1.00 bits per heavy atom. The number of carbonyl (C=O) groups is 2. The van der Waals surface area contributed by atoms with Crippen molar-refractivity contribution in [2.24, 2.45) is 0 Å². The summed E-state index contributed by atoms with van der Waals surface area (Å²) >= 11 is 11.8. The van der Waals surface area contributed by atoms with Crippen LogP contribution in [-0.2, 0) is 11.3 Å². The summed E-state index contributed by atoms with van der Waals surface area (Å²) < 4.78 is 28.8. The van der Waals surface area contributed by atoms with Gasteiger partial charge in [-0.05, 0) is 42.0 Å². The van der Waals surface area contributed by atoms with E-state index in [0.717, 1.165) is 5.56 Å². The van der Waals surface area contributed by atoms with Crippen molar-refractivity contribution < 1.29 is 18.4 Å². The Morgan fingerprint density at radius 3 is 2.42 bits per heavy atom. The van der Waals surface area contributed by atoms with Crippen LogP contribution in [0.25, 0.3) is 10.9 Å². The first kappa shape index (κ1) is 21.0. The molecule has 0 spiro atoms. The van der Waals surface area contributed by atoms with Crippen molar-refractivity contribution in [3.63, 3.8) is 0 Å². The van der Waals surface area contributed by atoms with E-state index in [2.05, 4.69) is 10.3 Å². The zero-order valence-electron chi connectivity index (χ0n) is 15.7. The van der Waals surface area contributed by atoms with E-state index in [0.29, 0.717) is 12.1 Å². The number of aromatic nitrogens is 2. The van der Waals surface area contributed by atoms with Crippen LogP contribution in [0.5, 0.6) is 0 Å². The molecule has 2 heterocycles. The summed E-state index contributed by atoms with van der Waals surface area (Å²) in [4.78, 5) is 29.3. The number of anilines is 1. The fourth-order valence-corrected chi connectivity index (χ4v) is 3.59. The van der Waals surface area contributed by atoms with E-state index in [-0.39, 0.29) is 32.6 Å². The zero-order valence-corrected chi connectivity index (χ0v) is 17.2. The third kappa shape index (κ3) is 4.42. The van der Waals surface area contributed by atoms with E-state index in [9.17, 15) is 18.4 Å². The SMILES string of the molecule is O=C(Nc1ncc(Cl)cc1Cl)C(=O)c1cn(Cc2ccc(F)cc2)c2ccc(F)cc12. The van der Waals surface area contributed by atoms with Gasteiger partial charge in [0, 0.05) is 29.8 Å². The van der Waals surface area contributed by atoms with Crippen molar-refractivity contribution in [2.45, 2.75) is 6.54 Å². The Labute approximate surface area is 185 Å². The number of carbonyl (C=O) groups excluding carboxylic acids is 2. The van der Waals surface area contributed by atoms with E-state index in [4.69, 9.17) is 23.2 Å². The van der Waals surface area contributed by atoms with Gasteiger partial charge in [0.2, 0.25) is 0 Å². The quantitative estimate of drug-likeness (QED) is 0.317. The van der Waals surface area contributed by atoms with E-state index in [1.165, 1.54) is 48.8 Å². The molecule has 2 aromatic carbocycles. The van der Waals surface area contributed by atoms with Gasteiger partial charge < -0.3 is 9.88 Å². The number of nitrogens with one attached hydrogen (secondary N) is 1. The van der Waals surface area contributed by atoms with Gasteiger partial charge in [0.05, 0.1) is 15.6 Å². The molecule has 0 aliphatic heterocycles. The minimum absolute atomic E-state index is 0.0131. The first-order valence-corrected chi connectivity index (χ1v) is 9.77. The highest BCUT2D eigenvalue weighted by Crippen LogP contribution is 2.26. The maximum atomic E-state index is 13.9. The number of pyridine rings is 1. The summed E-state index contributed by atoms with van der Waals surface area (Å²) in [6, 6.07) is 11.2. The number of halogens is 4. The first-order chi connectivity index (χ1) is 14.8. The van der Waals surface area contributed by atoms with Gasteiger partial charge in [0.1, 0.15) is 11.6 Å². The molecule has 0 saturated heterocycles. The Balaban J connectivity index is 1.69. The number of ketones is 1. The lowest BCUT2D eigenvalue weighted by molar-refractivity contribution is -0.112. The molecule has 1 amide bonds. The third-order valence-electron chi connectivity index (χ3n) is 4.60. The number of amides is 1. The van der Waals surface area contributed by atoms with Gasteiger partial charge in [-0.2, -0.15) is 0 Å². The highest BCUT2D eigenvalue weighted by molar-refractivity contribution is 6.49. The number of hydrogen-bond acceptors (Lipinski definition) is 3. The van der Waals surface area contributed by atoms with E-state index >= 15 is 0 Å². The molecule has 0 aliphatic rings. The maximum absolute atomic E-state index is 13.9. The van der Waals surface area contributed by atoms with Gasteiger partial charge in [-0.15, -0.1) is 0 Å². The van der Waals surface area contributed by atoms with Crippen LogP contribution in [0, 0.1) is 11.6 Å². The van der Waals surface area contributed by atoms with Crippen LogP contribution in [0.15, 0.2) is 60.9 Å². The lowest BCUT2D eigenvalue weighted by atomic mass is 10.1. The summed E-state index contributed by atoms with van der Waals surface area (Å²) in [6.45, 7) is 0.294. The van der Waals surface area contributed by atoms with E-state index < -0.39 is 17.5 Å². The number of fused-ring (bicyclic) bond motifs is 1. The van der Waals surface area contributed by atoms with Crippen molar-refractivity contribution in [2.75, 3.05) is 5.32 Å². The molecule has 4 aromatic rings. The highest BCUT2D eigenvalue weighted by atomic mass is 35.5. The molecule has 0 unspecified atom stereocenters. The standard InChI is InChI=1S/C22H13Cl2F2N3O2/c23-13-7-18(24)21(27-9-13)28-22(31)20(30)17-11-29(10-12-1-3-14(25)4-2-12)19-6-5-15(26)8-16(17)19/h1-9,11H,10H2,(H,27,28,31). The smallest absolute Gasteiger partial charge is 0.298 e. The predicted molar refractivity (Wildman–Crippen MR) is 115 cm³/mol. The highest BCUT2D eigenvalue weighted by Gasteiger charge is 2.23. The van der Waals surface area contributed by atoms with Crippen LogP contribution in [0.1, 0.15) is 15.9 Å². The molecule has 0 bridgehead atoms. The number of hydrogen-bond donors (Lipinski definition) is 1. The lowest BCUT2D eigenvalue weighted by Gasteiger charge is -2.05. The predicted octanol–water partition coefficient (Wildman–Crippen LogP) is 5.49. The number of nitrogens with zero attached hydrogens (tertiary/aromatic N) is 2. The fraction of sp³-hybridized carbons (Fsp3) is 0.0455. The van der Waals surface area contributed by atoms with Crippen LogP contribution < -0.4 is 5.32 Å². The molecule has 156 valence electrons. The Bertz CT molecular complexity index is 1320. The molecule has 0 fully saturated rings. The van der Waals surface area contributed by atoms with Gasteiger partial charge >= 0.3 is 0 Å². The maximum Gasteiger partial charge on any atom is 0.298 e. The Morgan fingerprint density at radius 2 is 1.71 bits per heavy atom. The largest absolute Gasteiger partial charge is 0.342 e. The summed E-state index contributed by atoms with van der Waals surface area (Å²) in [5.41, 5.74) is 1.33. The van der Waals surface area contributed by atoms with Crippen LogP contribution in [-0.4, -0.2) is 21.2 Å². The third-order valence-corrected chi connectivity index (χ3v) is 5.09. The van der Waals surface area contributed by atoms with Crippen LogP contribution in [0.4, 0.5) is 14.6 Å². The van der Waals surface area contributed by atoms with E-state index in [1.807, 2.05) is 0 Å². The van der Waals surface area contributed by atoms with Crippen molar-refractivity contribution in [3.05, 3.63) is 93.7 Å². The van der Waals surface area contributed by atoms with Crippen molar-refractivity contribution >= 4 is 51.6 Å². The van der Waals surface area contributed by atoms with Crippen molar-refractivity contribution in [1.82, 2.24) is 9.55 Å². The second-order valence-electron chi connectivity index (χ2n) is 6.73. The average molecular weight is 460 g/mol. The molecular weight excluding hydrogens is 447 g/mol. The number of rotatable bonds is 5. The molecule has 0 atom stereocenters. The molecule has 0 saturated carbocycles. The molecule has 31 heavy (non-hydrogen) atoms. The summed E-state index contributed by atoms with van der Waals surface area (Å²) in [6.07, 6.45) is 2.74. The molecule has 1 N–H and O–H groups in total. The molecular formula is C22H13Cl2F2N3O2. The van der Waals surface area contributed by atoms with Gasteiger partial charge in [-0.1, -0.05) is 35.3 Å².